The number of carbonyl (C=O) groups is 4. The number of carbonyl (C=O) groups excluding carboxylic acids is 4. The first-order chi connectivity index (χ1) is 20.6. The summed E-state index contributed by atoms with van der Waals surface area (Å²) < 4.78 is 42.9. The number of esters is 1. The summed E-state index contributed by atoms with van der Waals surface area (Å²) in [5, 5.41) is 5.46. The molecule has 3 amide bonds. The highest BCUT2D eigenvalue weighted by Gasteiger charge is 2.62. The van der Waals surface area contributed by atoms with Crippen molar-refractivity contribution in [2.45, 2.75) is 99.9 Å². The Bertz CT molecular complexity index is 1390. The Balaban J connectivity index is 1.64. The molecule has 1 aromatic carbocycles. The van der Waals surface area contributed by atoms with Crippen LogP contribution in [0.25, 0.3) is 0 Å². The minimum Gasteiger partial charge on any atom is -0.467 e. The smallest absolute Gasteiger partial charge is 0.408 e. The first-order valence-corrected chi connectivity index (χ1v) is 16.9. The molecule has 2 fully saturated rings. The van der Waals surface area contributed by atoms with Crippen LogP contribution in [0.15, 0.2) is 45.8 Å². The molecule has 4 rings (SSSR count). The van der Waals surface area contributed by atoms with Gasteiger partial charge in [0.25, 0.3) is 10.1 Å². The van der Waals surface area contributed by atoms with E-state index in [1.54, 1.807) is 32.9 Å². The van der Waals surface area contributed by atoms with Gasteiger partial charge in [-0.2, -0.15) is 8.42 Å². The minimum atomic E-state index is -4.24. The lowest BCUT2D eigenvalue weighted by Crippen LogP contribution is -2.56. The second-order valence-corrected chi connectivity index (χ2v) is 14.9. The van der Waals surface area contributed by atoms with Crippen LogP contribution in [0.5, 0.6) is 0 Å². The third-order valence-electron chi connectivity index (χ3n) is 7.85. The van der Waals surface area contributed by atoms with Crippen molar-refractivity contribution in [3.63, 3.8) is 0 Å². The molecule has 0 bridgehead atoms. The largest absolute Gasteiger partial charge is 0.467 e. The molecule has 242 valence electrons. The molecule has 1 saturated carbocycles. The van der Waals surface area contributed by atoms with E-state index in [9.17, 15) is 27.6 Å². The summed E-state index contributed by atoms with van der Waals surface area (Å²) in [5.41, 5.74) is -2.09. The van der Waals surface area contributed by atoms with E-state index >= 15 is 0 Å². The number of halogens is 1. The van der Waals surface area contributed by atoms with Crippen molar-refractivity contribution in [2.24, 2.45) is 5.92 Å². The molecule has 1 saturated heterocycles. The van der Waals surface area contributed by atoms with Gasteiger partial charge >= 0.3 is 12.1 Å². The Morgan fingerprint density at radius 1 is 1.11 bits per heavy atom. The lowest BCUT2D eigenvalue weighted by atomic mass is 10.0. The Morgan fingerprint density at radius 2 is 1.82 bits per heavy atom. The van der Waals surface area contributed by atoms with Crippen molar-refractivity contribution in [3.8, 4) is 0 Å². The van der Waals surface area contributed by atoms with Gasteiger partial charge in [0.15, 0.2) is 0 Å². The van der Waals surface area contributed by atoms with Gasteiger partial charge in [0.1, 0.15) is 23.2 Å². The summed E-state index contributed by atoms with van der Waals surface area (Å²) in [4.78, 5) is 54.6. The number of nitrogens with one attached hydrogen (secondary N) is 2. The molecule has 1 aliphatic carbocycles. The lowest BCUT2D eigenvalue weighted by Gasteiger charge is -2.30. The molecule has 2 aliphatic heterocycles. The van der Waals surface area contributed by atoms with Crippen molar-refractivity contribution in [1.82, 2.24) is 15.5 Å². The van der Waals surface area contributed by atoms with Crippen LogP contribution in [0.3, 0.4) is 0 Å². The van der Waals surface area contributed by atoms with Crippen molar-refractivity contribution in [3.05, 3.63) is 40.9 Å². The maximum Gasteiger partial charge on any atom is 0.408 e. The quantitative estimate of drug-likeness (QED) is 0.267. The number of methoxy groups -OCH3 is 1. The van der Waals surface area contributed by atoms with Crippen LogP contribution in [0.4, 0.5) is 4.79 Å². The number of amides is 3. The van der Waals surface area contributed by atoms with Crippen LogP contribution in [0, 0.1) is 5.92 Å². The van der Waals surface area contributed by atoms with Gasteiger partial charge < -0.3 is 25.0 Å². The summed E-state index contributed by atoms with van der Waals surface area (Å²) in [6, 6.07) is 3.68. The SMILES string of the molecule is COC(=O)[C@@]12C[C@H]1/C=C\CCCCC[C@H](NC(=O)OC(C)(C)C)C(=O)N1C[C@@H](OS(=O)(=O)c3ccc(Br)cc3)CC1C(=O)N2. The van der Waals surface area contributed by atoms with Gasteiger partial charge in [-0.15, -0.1) is 0 Å². The van der Waals surface area contributed by atoms with Crippen LogP contribution in [-0.2, 0) is 38.2 Å². The number of ether oxygens (including phenoxy) is 2. The lowest BCUT2D eigenvalue weighted by molar-refractivity contribution is -0.148. The highest BCUT2D eigenvalue weighted by atomic mass is 79.9. The normalized spacial score (nSPS) is 28.8. The molecule has 0 radical (unpaired) electrons. The zero-order valence-electron chi connectivity index (χ0n) is 25.3. The summed E-state index contributed by atoms with van der Waals surface area (Å²) >= 11 is 3.27. The van der Waals surface area contributed by atoms with E-state index in [2.05, 4.69) is 26.6 Å². The molecule has 12 nitrogen and oxygen atoms in total. The highest BCUT2D eigenvalue weighted by Crippen LogP contribution is 2.46. The third-order valence-corrected chi connectivity index (χ3v) is 9.75. The number of alkyl carbamates (subject to hydrolysis) is 1. The summed E-state index contributed by atoms with van der Waals surface area (Å²) in [6.07, 6.45) is 5.45. The predicted molar refractivity (Wildman–Crippen MR) is 163 cm³/mol. The molecule has 3 aliphatic rings. The van der Waals surface area contributed by atoms with Gasteiger partial charge in [0.2, 0.25) is 11.8 Å². The van der Waals surface area contributed by atoms with Crippen LogP contribution in [-0.4, -0.2) is 80.2 Å². The molecule has 1 unspecified atom stereocenters. The fourth-order valence-electron chi connectivity index (χ4n) is 5.59. The van der Waals surface area contributed by atoms with E-state index in [4.69, 9.17) is 13.7 Å². The summed E-state index contributed by atoms with van der Waals surface area (Å²) in [6.45, 7) is 4.88. The Hall–Kier alpha value is -2.97. The standard InChI is InChI=1S/C30H40BrN3O9S/c1-29(2,3)42-28(38)32-23-11-9-7-5-6-8-10-19-17-30(19,27(37)41-4)33-25(35)24-16-21(18-34(24)26(23)36)43-44(39,40)22-14-12-20(31)13-15-22/h8,10,12-15,19,21,23-24H,5-7,9,11,16-18H2,1-4H3,(H,32,38)(H,33,35)/b10-8-/t19-,21+,23+,24?,30-/m1/s1. The fraction of sp³-hybridized carbons (Fsp3) is 0.600. The van der Waals surface area contributed by atoms with E-state index in [0.717, 1.165) is 19.3 Å². The van der Waals surface area contributed by atoms with E-state index < -0.39 is 63.3 Å². The van der Waals surface area contributed by atoms with Gasteiger partial charge in [-0.05, 0) is 70.7 Å². The van der Waals surface area contributed by atoms with E-state index in [0.29, 0.717) is 17.3 Å². The zero-order chi connectivity index (χ0) is 32.3. The van der Waals surface area contributed by atoms with Gasteiger partial charge in [0.05, 0.1) is 18.1 Å². The molecular formula is C30H40BrN3O9S. The van der Waals surface area contributed by atoms with Crippen LogP contribution >= 0.6 is 15.9 Å². The van der Waals surface area contributed by atoms with E-state index in [1.165, 1.54) is 24.1 Å². The summed E-state index contributed by atoms with van der Waals surface area (Å²) in [7, 11) is -3.00. The molecule has 44 heavy (non-hydrogen) atoms. The topological polar surface area (TPSA) is 157 Å². The average molecular weight is 699 g/mol. The Kier molecular flexibility index (Phi) is 10.5. The molecular weight excluding hydrogens is 658 g/mol. The summed E-state index contributed by atoms with van der Waals surface area (Å²) in [5.74, 6) is -2.09. The number of rotatable bonds is 5. The fourth-order valence-corrected chi connectivity index (χ4v) is 6.93. The van der Waals surface area contributed by atoms with Crippen molar-refractivity contribution in [1.29, 1.82) is 0 Å². The van der Waals surface area contributed by atoms with E-state index in [1.807, 2.05) is 12.2 Å². The Labute approximate surface area is 266 Å². The average Bonchev–Trinajstić information content (AvgIpc) is 3.47. The number of fused-ring (bicyclic) bond motifs is 2. The van der Waals surface area contributed by atoms with Crippen LogP contribution in [0.2, 0.25) is 0 Å². The zero-order valence-corrected chi connectivity index (χ0v) is 27.7. The highest BCUT2D eigenvalue weighted by molar-refractivity contribution is 9.10. The van der Waals surface area contributed by atoms with Gasteiger partial charge in [0, 0.05) is 23.4 Å². The first kappa shape index (κ1) is 33.9. The van der Waals surface area contributed by atoms with Crippen LogP contribution < -0.4 is 10.6 Å². The third kappa shape index (κ3) is 8.19. The van der Waals surface area contributed by atoms with Gasteiger partial charge in [-0.3, -0.25) is 13.8 Å². The molecule has 2 N–H and O–H groups in total. The maximum absolute atomic E-state index is 14.1. The van der Waals surface area contributed by atoms with Crippen molar-refractivity contribution < 1.29 is 41.3 Å². The second kappa shape index (κ2) is 13.6. The first-order valence-electron chi connectivity index (χ1n) is 14.7. The Morgan fingerprint density at radius 3 is 2.48 bits per heavy atom. The monoisotopic (exact) mass is 697 g/mol. The van der Waals surface area contributed by atoms with Crippen molar-refractivity contribution in [2.75, 3.05) is 13.7 Å². The number of allylic oxidation sites excluding steroid dienone is 1. The number of benzene rings is 1. The van der Waals surface area contributed by atoms with Gasteiger partial charge in [-0.25, -0.2) is 9.59 Å². The molecule has 2 heterocycles. The predicted octanol–water partition coefficient (Wildman–Crippen LogP) is 3.59. The minimum absolute atomic E-state index is 0.0809. The molecule has 5 atom stereocenters. The number of nitrogens with zero attached hydrogens (tertiary/aromatic N) is 1. The number of hydrogen-bond donors (Lipinski definition) is 2. The van der Waals surface area contributed by atoms with Gasteiger partial charge in [-0.1, -0.05) is 40.9 Å². The molecule has 0 spiro atoms. The van der Waals surface area contributed by atoms with Crippen molar-refractivity contribution >= 4 is 49.9 Å². The molecule has 0 aromatic heterocycles. The van der Waals surface area contributed by atoms with Crippen LogP contribution in [0.1, 0.15) is 65.7 Å². The van der Waals surface area contributed by atoms with E-state index in [-0.39, 0.29) is 30.2 Å². The molecule has 1 aromatic rings. The second-order valence-electron chi connectivity index (χ2n) is 12.4. The molecule has 14 heteroatoms. The number of hydrogen-bond acceptors (Lipinski definition) is 9. The maximum atomic E-state index is 14.1.